The van der Waals surface area contributed by atoms with E-state index in [0.717, 1.165) is 28.9 Å². The number of terminal acetylenes is 1. The molecule has 0 aliphatic carbocycles. The van der Waals surface area contributed by atoms with Crippen LogP contribution in [0.5, 0.6) is 0 Å². The zero-order valence-corrected chi connectivity index (χ0v) is 20.2. The van der Waals surface area contributed by atoms with Crippen molar-refractivity contribution in [3.63, 3.8) is 0 Å². The van der Waals surface area contributed by atoms with Crippen LogP contribution in [0.3, 0.4) is 0 Å². The number of benzene rings is 1. The normalized spacial score (nSPS) is 18.2. The lowest BCUT2D eigenvalue weighted by atomic mass is 10.2. The number of sulfonamides is 1. The van der Waals surface area contributed by atoms with Crippen molar-refractivity contribution >= 4 is 58.7 Å². The van der Waals surface area contributed by atoms with Gasteiger partial charge in [-0.05, 0) is 42.5 Å². The second kappa shape index (κ2) is 8.57. The zero-order valence-electron chi connectivity index (χ0n) is 17.0. The van der Waals surface area contributed by atoms with E-state index in [4.69, 9.17) is 6.42 Å². The average molecular weight is 510 g/mol. The third kappa shape index (κ3) is 4.18. The number of carbonyl (C=O) groups is 1. The first-order chi connectivity index (χ1) is 15.1. The largest absolute Gasteiger partial charge is 0.305 e. The number of hydrogen-bond donors (Lipinski definition) is 0. The quantitative estimate of drug-likeness (QED) is 0.490. The Morgan fingerprint density at radius 3 is 2.72 bits per heavy atom. The van der Waals surface area contributed by atoms with Crippen molar-refractivity contribution in [2.75, 3.05) is 12.8 Å². The van der Waals surface area contributed by atoms with E-state index in [1.54, 1.807) is 22.1 Å². The average Bonchev–Trinajstić information content (AvgIpc) is 3.48. The van der Waals surface area contributed by atoms with Gasteiger partial charge in [0.25, 0.3) is 15.9 Å². The molecule has 3 aromatic rings. The molecule has 4 rings (SSSR count). The van der Waals surface area contributed by atoms with Gasteiger partial charge in [-0.3, -0.25) is 4.79 Å². The van der Waals surface area contributed by atoms with E-state index in [9.17, 15) is 21.6 Å². The van der Waals surface area contributed by atoms with E-state index in [2.05, 4.69) is 10.9 Å². The van der Waals surface area contributed by atoms with Crippen LogP contribution < -0.4 is 4.80 Å². The molecule has 0 saturated carbocycles. The fourth-order valence-corrected chi connectivity index (χ4v) is 8.15. The maximum atomic E-state index is 13.1. The van der Waals surface area contributed by atoms with Crippen LogP contribution in [-0.4, -0.2) is 50.5 Å². The molecule has 1 amide bonds. The Labute approximate surface area is 193 Å². The molecule has 1 aliphatic rings. The van der Waals surface area contributed by atoms with Gasteiger partial charge in [-0.2, -0.15) is 9.30 Å². The Kier molecular flexibility index (Phi) is 6.12. The van der Waals surface area contributed by atoms with Gasteiger partial charge in [0.2, 0.25) is 0 Å². The summed E-state index contributed by atoms with van der Waals surface area (Å²) in [4.78, 5) is 17.8. The molecule has 12 heteroatoms. The molecule has 1 unspecified atom stereocenters. The van der Waals surface area contributed by atoms with E-state index in [1.807, 2.05) is 0 Å². The molecule has 8 nitrogen and oxygen atoms in total. The number of aromatic nitrogens is 1. The highest BCUT2D eigenvalue weighted by molar-refractivity contribution is 7.91. The van der Waals surface area contributed by atoms with E-state index >= 15 is 0 Å². The van der Waals surface area contributed by atoms with Gasteiger partial charge >= 0.3 is 0 Å². The molecular formula is C20H19N3O5S4. The van der Waals surface area contributed by atoms with Crippen LogP contribution in [0.2, 0.25) is 0 Å². The number of amides is 1. The number of rotatable bonds is 5. The third-order valence-corrected chi connectivity index (χ3v) is 10.5. The summed E-state index contributed by atoms with van der Waals surface area (Å²) in [5, 5.41) is 1.68. The lowest BCUT2D eigenvalue weighted by Crippen LogP contribution is -2.40. The van der Waals surface area contributed by atoms with Crippen LogP contribution in [-0.2, 0) is 31.2 Å². The first-order valence-corrected chi connectivity index (χ1v) is 14.6. The first kappa shape index (κ1) is 22.9. The van der Waals surface area contributed by atoms with E-state index in [-0.39, 0.29) is 22.2 Å². The predicted molar refractivity (Wildman–Crippen MR) is 124 cm³/mol. The van der Waals surface area contributed by atoms with Crippen molar-refractivity contribution in [1.29, 1.82) is 0 Å². The molecular weight excluding hydrogens is 491 g/mol. The fraction of sp³-hybridized carbons (Fsp3) is 0.300. The molecule has 3 heterocycles. The van der Waals surface area contributed by atoms with Gasteiger partial charge in [-0.25, -0.2) is 16.8 Å². The molecule has 0 bridgehead atoms. The molecule has 1 atom stereocenters. The predicted octanol–water partition coefficient (Wildman–Crippen LogP) is 2.08. The van der Waals surface area contributed by atoms with Crippen LogP contribution in [0.25, 0.3) is 10.2 Å². The van der Waals surface area contributed by atoms with Crippen LogP contribution in [0, 0.1) is 12.3 Å². The molecule has 1 aromatic carbocycles. The molecule has 1 fully saturated rings. The van der Waals surface area contributed by atoms with Crippen molar-refractivity contribution in [1.82, 2.24) is 8.87 Å². The summed E-state index contributed by atoms with van der Waals surface area (Å²) in [6.45, 7) is 0.382. The second-order valence-electron chi connectivity index (χ2n) is 7.23. The summed E-state index contributed by atoms with van der Waals surface area (Å²) in [5.41, 5.74) is 0.654. The monoisotopic (exact) mass is 509 g/mol. The summed E-state index contributed by atoms with van der Waals surface area (Å²) in [7, 11) is -7.18. The summed E-state index contributed by atoms with van der Waals surface area (Å²) < 4.78 is 53.4. The van der Waals surface area contributed by atoms with Gasteiger partial charge in [0, 0.05) is 12.8 Å². The minimum Gasteiger partial charge on any atom is -0.305 e. The van der Waals surface area contributed by atoms with Gasteiger partial charge in [-0.1, -0.05) is 23.3 Å². The molecule has 1 saturated heterocycles. The first-order valence-electron chi connectivity index (χ1n) is 9.54. The summed E-state index contributed by atoms with van der Waals surface area (Å²) in [6.07, 6.45) is 7.55. The standard InChI is InChI=1S/C20H19N3O5S4/c1-3-10-22-15-9-8-14(31(2,25)26)13-17(15)30-20(22)21-19(24)16-6-4-11-23(16)32(27,28)18-7-5-12-29-18/h1,5,7-9,12-13,16H,4,6,10-11H2,2H3. The van der Waals surface area contributed by atoms with Crippen LogP contribution >= 0.6 is 22.7 Å². The number of carbonyl (C=O) groups excluding carboxylic acids is 1. The highest BCUT2D eigenvalue weighted by atomic mass is 32.2. The van der Waals surface area contributed by atoms with Crippen molar-refractivity contribution < 1.29 is 21.6 Å². The second-order valence-corrected chi connectivity index (χ2v) is 13.3. The van der Waals surface area contributed by atoms with Gasteiger partial charge < -0.3 is 4.57 Å². The van der Waals surface area contributed by atoms with Gasteiger partial charge in [0.05, 0.1) is 21.7 Å². The maximum absolute atomic E-state index is 13.1. The van der Waals surface area contributed by atoms with Gasteiger partial charge in [-0.15, -0.1) is 17.8 Å². The number of fused-ring (bicyclic) bond motifs is 1. The molecule has 1 aliphatic heterocycles. The SMILES string of the molecule is C#CCn1c(=NC(=O)C2CCCN2S(=O)(=O)c2cccs2)sc2cc(S(C)(=O)=O)ccc21. The number of thiazole rings is 1. The topological polar surface area (TPSA) is 106 Å². The number of nitrogens with zero attached hydrogens (tertiary/aromatic N) is 3. The number of hydrogen-bond acceptors (Lipinski definition) is 7. The number of sulfone groups is 1. The van der Waals surface area contributed by atoms with Crippen LogP contribution in [0.1, 0.15) is 12.8 Å². The Bertz CT molecular complexity index is 1510. The highest BCUT2D eigenvalue weighted by Gasteiger charge is 2.40. The Morgan fingerprint density at radius 1 is 1.28 bits per heavy atom. The minimum absolute atomic E-state index is 0.131. The lowest BCUT2D eigenvalue weighted by Gasteiger charge is -2.20. The molecule has 0 radical (unpaired) electrons. The molecule has 0 N–H and O–H groups in total. The van der Waals surface area contributed by atoms with E-state index < -0.39 is 31.8 Å². The van der Waals surface area contributed by atoms with Gasteiger partial charge in [0.15, 0.2) is 14.6 Å². The molecule has 0 spiro atoms. The third-order valence-electron chi connectivity index (χ3n) is 5.08. The molecule has 168 valence electrons. The van der Waals surface area contributed by atoms with Crippen molar-refractivity contribution in [3.8, 4) is 12.3 Å². The maximum Gasteiger partial charge on any atom is 0.266 e. The molecule has 2 aromatic heterocycles. The van der Waals surface area contributed by atoms with Crippen molar-refractivity contribution in [3.05, 3.63) is 40.5 Å². The Balaban J connectivity index is 1.77. The molecule has 32 heavy (non-hydrogen) atoms. The van der Waals surface area contributed by atoms with Crippen molar-refractivity contribution in [2.45, 2.75) is 34.5 Å². The van der Waals surface area contributed by atoms with Crippen molar-refractivity contribution in [2.24, 2.45) is 4.99 Å². The zero-order chi connectivity index (χ0) is 23.1. The van der Waals surface area contributed by atoms with Crippen LogP contribution in [0.15, 0.2) is 49.8 Å². The minimum atomic E-state index is -3.78. The Morgan fingerprint density at radius 2 is 2.06 bits per heavy atom. The van der Waals surface area contributed by atoms with Crippen LogP contribution in [0.4, 0.5) is 0 Å². The summed E-state index contributed by atoms with van der Waals surface area (Å²) in [6, 6.07) is 6.91. The van der Waals surface area contributed by atoms with Gasteiger partial charge in [0.1, 0.15) is 10.3 Å². The summed E-state index contributed by atoms with van der Waals surface area (Å²) in [5.74, 6) is 1.95. The van der Waals surface area contributed by atoms with E-state index in [0.29, 0.717) is 27.9 Å². The fourth-order valence-electron chi connectivity index (χ4n) is 3.58. The summed E-state index contributed by atoms with van der Waals surface area (Å²) >= 11 is 2.24. The number of thiophene rings is 1. The smallest absolute Gasteiger partial charge is 0.266 e. The van der Waals surface area contributed by atoms with E-state index in [1.165, 1.54) is 22.5 Å². The highest BCUT2D eigenvalue weighted by Crippen LogP contribution is 2.29. The lowest BCUT2D eigenvalue weighted by molar-refractivity contribution is -0.121. The Hall–Kier alpha value is -2.30.